The molecule has 712 valence electrons. The highest BCUT2D eigenvalue weighted by molar-refractivity contribution is 7.99. The SMILES string of the molecule is CCN(C(=O)CCS(=O)(=O)CC1CC1(F)F)c1cn(-c2cccnc2)nc1Cl.CCN(C(=O)CCS(=O)CC1CC1(F)F)c1cn(-c2cccnc2)nc1Cl.CCN(C(=O)CCSCC1CC1(F)F)c1cn(-c2cccnc2)nc1Cl.CN(C(=O)CCS(=O)CC1CC1(F)F)c1cn(-c2cccnc2)nc1Cl.CN(C(=O)CCSCC1CC1(F)F)c1cn(-c2cccnc2)nc1Cl. The third-order valence-corrected chi connectivity index (χ3v) is 29.5. The van der Waals surface area contributed by atoms with Crippen LogP contribution < -0.4 is 24.5 Å². The van der Waals surface area contributed by atoms with Gasteiger partial charge in [0.05, 0.1) is 102 Å². The van der Waals surface area contributed by atoms with E-state index in [2.05, 4.69) is 50.4 Å². The van der Waals surface area contributed by atoms with Gasteiger partial charge < -0.3 is 24.5 Å². The number of alkyl halides is 10. The molecule has 0 spiro atoms. The highest BCUT2D eigenvalue weighted by Crippen LogP contribution is 2.53. The minimum atomic E-state index is -3.75. The van der Waals surface area contributed by atoms with Gasteiger partial charge in [0.1, 0.15) is 28.4 Å². The first-order valence-corrected chi connectivity index (χ1v) is 50.2. The Morgan fingerprint density at radius 3 is 0.917 bits per heavy atom. The third kappa shape index (κ3) is 29.0. The smallest absolute Gasteiger partial charge is 0.252 e. The molecule has 5 aliphatic rings. The van der Waals surface area contributed by atoms with Gasteiger partial charge in [-0.3, -0.25) is 57.3 Å². The van der Waals surface area contributed by atoms with Crippen molar-refractivity contribution in [2.24, 2.45) is 29.6 Å². The maximum atomic E-state index is 12.9. The van der Waals surface area contributed by atoms with Gasteiger partial charge in [0.2, 0.25) is 29.5 Å². The molecule has 5 amide bonds. The molecule has 0 aromatic carbocycles. The molecule has 5 fully saturated rings. The van der Waals surface area contributed by atoms with Crippen molar-refractivity contribution in [2.75, 3.05) is 116 Å². The molecule has 0 radical (unpaired) electrons. The number of hydrogen-bond acceptors (Lipinski definition) is 21. The molecule has 0 N–H and O–H groups in total. The van der Waals surface area contributed by atoms with E-state index in [1.165, 1.54) is 64.2 Å². The summed E-state index contributed by atoms with van der Waals surface area (Å²) in [4.78, 5) is 89.4. The number of anilines is 5. The normalized spacial score (nSPS) is 18.4. The molecule has 5 aliphatic carbocycles. The van der Waals surface area contributed by atoms with E-state index in [-0.39, 0.29) is 137 Å². The fraction of sp³-hybridized carbons (Fsp3) is 0.458. The van der Waals surface area contributed by atoms with Gasteiger partial charge in [-0.1, -0.05) is 58.0 Å². The lowest BCUT2D eigenvalue weighted by Gasteiger charge is -2.19. The summed E-state index contributed by atoms with van der Waals surface area (Å²) in [6.45, 7) is 6.41. The zero-order valence-electron chi connectivity index (χ0n) is 71.4. The number of nitrogens with zero attached hydrogens (tertiary/aromatic N) is 20. The molecule has 7 atom stereocenters. The maximum Gasteiger partial charge on any atom is 0.252 e. The molecule has 0 saturated heterocycles. The Balaban J connectivity index is 0.000000159. The quantitative estimate of drug-likeness (QED) is 0.0256. The van der Waals surface area contributed by atoms with E-state index in [1.54, 1.807) is 177 Å². The van der Waals surface area contributed by atoms with Crippen molar-refractivity contribution < 1.29 is 84.7 Å². The number of thioether (sulfide) groups is 2. The number of aromatic nitrogens is 15. The molecule has 7 unspecified atom stereocenters. The molecule has 10 heterocycles. The molecular weight excluding hydrogens is 1950 g/mol. The van der Waals surface area contributed by atoms with Crippen LogP contribution in [0.4, 0.5) is 72.3 Å². The largest absolute Gasteiger partial charge is 0.311 e. The number of carbonyl (C=O) groups is 5. The van der Waals surface area contributed by atoms with Crippen LogP contribution in [-0.4, -0.2) is 241 Å². The van der Waals surface area contributed by atoms with E-state index in [0.717, 1.165) is 11.4 Å². The summed E-state index contributed by atoms with van der Waals surface area (Å²) in [6.07, 6.45) is 23.7. The molecule has 10 aromatic heterocycles. The van der Waals surface area contributed by atoms with Gasteiger partial charge >= 0.3 is 0 Å². The molecule has 10 aromatic rings. The van der Waals surface area contributed by atoms with Crippen LogP contribution in [0.1, 0.15) is 85.0 Å². The zero-order valence-corrected chi connectivity index (χ0v) is 79.3. The van der Waals surface area contributed by atoms with Gasteiger partial charge in [0.25, 0.3) is 29.6 Å². The van der Waals surface area contributed by atoms with E-state index in [0.29, 0.717) is 81.6 Å². The minimum absolute atomic E-state index is 0.00680. The van der Waals surface area contributed by atoms with Gasteiger partial charge in [0, 0.05) is 226 Å². The van der Waals surface area contributed by atoms with Crippen LogP contribution in [-0.2, 0) is 55.4 Å². The summed E-state index contributed by atoms with van der Waals surface area (Å²) in [7, 11) is -3.48. The Bertz CT molecular complexity index is 5780. The average molecular weight is 2040 g/mol. The Morgan fingerprint density at radius 1 is 0.394 bits per heavy atom. The molecule has 29 nitrogen and oxygen atoms in total. The first kappa shape index (κ1) is 103. The van der Waals surface area contributed by atoms with Crippen molar-refractivity contribution in [2.45, 2.75) is 115 Å². The lowest BCUT2D eigenvalue weighted by molar-refractivity contribution is -0.119. The standard InChI is InChI=1S/C17H19ClF2N4O3S.C17H19ClF2N4O2S.C17H19ClF2N4OS.C16H17ClF2N4O2S.C16H17ClF2N4OS/c1-2-23(14-10-24(22-16(14)18)13-4-3-6-21-9-13)15(25)5-7-28(26,27)11-12-8-17(12,19)20;1-2-23(15(25)5-7-27(26)11-12-8-17(12,19)20)14-10-24(22-16(14)18)13-4-3-6-21-9-13;1-2-23(15(25)5-7-26-11-12-8-17(12,19)20)14-10-24(22-16(14)18)13-4-3-6-21-9-13;1-22(14(24)4-6-26(25)10-11-7-16(11,18)19)13-9-23(21-15(13)17)12-3-2-5-20-8-12;1-22(14(24)4-6-25-10-11-7-16(11,18)19)13-9-23(21-15(13)17)12-3-2-5-20-8-12/h3-4,6,9-10,12H,2,5,7-8,11H2,1H3;3-4,6,9-10,12H,2,5,7-8,11H2,1H3;3-4,6,9-10,12H,2,5,7-8,11H2,1H3;2-3,5,8-9,11H,4,6-7,10H2,1H3;2-3,5,8-9,11H,4,6-7,10H2,1H3. The van der Waals surface area contributed by atoms with Gasteiger partial charge in [-0.15, -0.1) is 0 Å². The molecule has 15 rings (SSSR count). The molecule has 132 heavy (non-hydrogen) atoms. The average Bonchev–Trinajstić information content (AvgIpc) is 1.61. The number of sulfone groups is 1. The van der Waals surface area contributed by atoms with Crippen molar-refractivity contribution in [1.29, 1.82) is 0 Å². The number of pyridine rings is 5. The van der Waals surface area contributed by atoms with Gasteiger partial charge in [-0.05, 0) is 81.4 Å². The first-order chi connectivity index (χ1) is 62.5. The number of carbonyl (C=O) groups excluding carboxylic acids is 5. The van der Waals surface area contributed by atoms with Gasteiger partial charge in [0.15, 0.2) is 35.6 Å². The van der Waals surface area contributed by atoms with E-state index in [1.807, 2.05) is 19.1 Å². The fourth-order valence-electron chi connectivity index (χ4n) is 12.9. The highest BCUT2D eigenvalue weighted by atomic mass is 35.5. The van der Waals surface area contributed by atoms with Crippen LogP contribution >= 0.6 is 81.5 Å². The molecule has 49 heteroatoms. The van der Waals surface area contributed by atoms with Crippen LogP contribution in [0.25, 0.3) is 28.4 Å². The van der Waals surface area contributed by atoms with Gasteiger partial charge in [-0.2, -0.15) is 49.0 Å². The lowest BCUT2D eigenvalue weighted by atomic mass is 10.3. The Kier molecular flexibility index (Phi) is 35.6. The van der Waals surface area contributed by atoms with Crippen LogP contribution in [0, 0.1) is 29.6 Å². The first-order valence-electron chi connectivity index (χ1n) is 41.2. The Hall–Kier alpha value is -9.15. The molecular formula is C83H91Cl5F10N20O9S5. The topological polar surface area (TPSA) is 323 Å². The van der Waals surface area contributed by atoms with E-state index in [4.69, 9.17) is 58.0 Å². The predicted octanol–water partition coefficient (Wildman–Crippen LogP) is 16.2. The van der Waals surface area contributed by atoms with E-state index in [9.17, 15) is 84.7 Å². The van der Waals surface area contributed by atoms with E-state index >= 15 is 0 Å². The van der Waals surface area contributed by atoms with Crippen molar-refractivity contribution in [3.8, 4) is 28.4 Å². The third-order valence-electron chi connectivity index (χ3n) is 21.3. The molecule has 0 bridgehead atoms. The monoisotopic (exact) mass is 2040 g/mol. The lowest BCUT2D eigenvalue weighted by Crippen LogP contribution is -2.32. The van der Waals surface area contributed by atoms with Crippen LogP contribution in [0.3, 0.4) is 0 Å². The summed E-state index contributed by atoms with van der Waals surface area (Å²) in [5.74, 6) is -17.7. The zero-order chi connectivity index (χ0) is 95.8. The number of halogens is 15. The van der Waals surface area contributed by atoms with Crippen molar-refractivity contribution in [3.63, 3.8) is 0 Å². The van der Waals surface area contributed by atoms with Crippen molar-refractivity contribution in [1.82, 2.24) is 73.8 Å². The van der Waals surface area contributed by atoms with Crippen molar-refractivity contribution >= 4 is 171 Å². The summed E-state index contributed by atoms with van der Waals surface area (Å²) in [5, 5.41) is 21.7. The predicted molar refractivity (Wildman–Crippen MR) is 490 cm³/mol. The summed E-state index contributed by atoms with van der Waals surface area (Å²) >= 11 is 33.6. The van der Waals surface area contributed by atoms with Crippen LogP contribution in [0.5, 0.6) is 0 Å². The Morgan fingerprint density at radius 2 is 0.644 bits per heavy atom. The van der Waals surface area contributed by atoms with Gasteiger partial charge in [-0.25, -0.2) is 75.7 Å². The fourth-order valence-corrected chi connectivity index (χ4v) is 20.8. The van der Waals surface area contributed by atoms with E-state index < -0.39 is 114 Å². The second-order valence-corrected chi connectivity index (χ2v) is 40.6. The van der Waals surface area contributed by atoms with Crippen molar-refractivity contribution in [3.05, 3.63) is 179 Å². The number of rotatable bonds is 38. The number of amides is 5. The highest BCUT2D eigenvalue weighted by Gasteiger charge is 2.60. The second-order valence-electron chi connectivity index (χ2n) is 31.1. The summed E-state index contributed by atoms with van der Waals surface area (Å²) in [6, 6.07) is 17.8. The number of hydrogen-bond donors (Lipinski definition) is 0. The second kappa shape index (κ2) is 45.5. The minimum Gasteiger partial charge on any atom is -0.311 e. The van der Waals surface area contributed by atoms with Crippen LogP contribution in [0.15, 0.2) is 154 Å². The molecule has 5 saturated carbocycles. The van der Waals surface area contributed by atoms with Crippen LogP contribution in [0.2, 0.25) is 25.8 Å². The summed E-state index contributed by atoms with van der Waals surface area (Å²) < 4.78 is 184. The Labute approximate surface area is 791 Å². The molecule has 0 aliphatic heterocycles. The summed E-state index contributed by atoms with van der Waals surface area (Å²) in [5.41, 5.74) is 5.70. The maximum absolute atomic E-state index is 12.9.